The number of aromatic nitrogens is 4. The van der Waals surface area contributed by atoms with Crippen LogP contribution in [-0.2, 0) is 0 Å². The molecule has 4 rings (SSSR count). The van der Waals surface area contributed by atoms with Crippen molar-refractivity contribution in [1.29, 1.82) is 0 Å². The molecule has 9 heteroatoms. The zero-order valence-corrected chi connectivity index (χ0v) is 16.4. The predicted octanol–water partition coefficient (Wildman–Crippen LogP) is 2.27. The number of methoxy groups -OCH3 is 2. The molecule has 3 aromatic rings. The fourth-order valence-corrected chi connectivity index (χ4v) is 3.93. The fraction of sp³-hybridized carbons (Fsp3) is 0.400. The Morgan fingerprint density at radius 2 is 1.86 bits per heavy atom. The van der Waals surface area contributed by atoms with Gasteiger partial charge in [-0.05, 0) is 25.0 Å². The number of nitrogens with zero attached hydrogens (tertiary/aromatic N) is 3. The summed E-state index contributed by atoms with van der Waals surface area (Å²) in [6.45, 7) is 0. The van der Waals surface area contributed by atoms with E-state index in [9.17, 15) is 9.59 Å². The molecular formula is C20H23N5O4. The molecule has 1 aliphatic carbocycles. The maximum absolute atomic E-state index is 12.8. The lowest BCUT2D eigenvalue weighted by atomic mass is 9.88. The van der Waals surface area contributed by atoms with E-state index in [1.54, 1.807) is 18.2 Å². The van der Waals surface area contributed by atoms with E-state index in [0.717, 1.165) is 25.7 Å². The molecule has 0 bridgehead atoms. The average Bonchev–Trinajstić information content (AvgIpc) is 3.08. The van der Waals surface area contributed by atoms with Gasteiger partial charge in [0.25, 0.3) is 5.91 Å². The number of aromatic amines is 1. The molecule has 1 saturated carbocycles. The van der Waals surface area contributed by atoms with Crippen LogP contribution < -0.4 is 20.9 Å². The summed E-state index contributed by atoms with van der Waals surface area (Å²) in [5, 5.41) is 0. The molecule has 3 N–H and O–H groups in total. The quantitative estimate of drug-likeness (QED) is 0.680. The maximum Gasteiger partial charge on any atom is 0.332 e. The molecule has 0 aliphatic heterocycles. The first-order chi connectivity index (χ1) is 14.0. The number of imidazole rings is 1. The van der Waals surface area contributed by atoms with Crippen LogP contribution in [0.15, 0.2) is 23.0 Å². The normalized spacial score (nSPS) is 14.8. The molecule has 1 aliphatic rings. The summed E-state index contributed by atoms with van der Waals surface area (Å²) < 4.78 is 12.0. The summed E-state index contributed by atoms with van der Waals surface area (Å²) in [5.74, 6) is 1.02. The Balaban J connectivity index is 1.95. The molecule has 2 aromatic heterocycles. The Morgan fingerprint density at radius 3 is 2.52 bits per heavy atom. The number of H-pyrrole nitrogens is 1. The number of rotatable bonds is 5. The first-order valence-corrected chi connectivity index (χ1v) is 9.58. The van der Waals surface area contributed by atoms with E-state index in [1.165, 1.54) is 25.2 Å². The molecular weight excluding hydrogens is 374 g/mol. The van der Waals surface area contributed by atoms with Crippen LogP contribution in [0.4, 0.5) is 0 Å². The van der Waals surface area contributed by atoms with Gasteiger partial charge in [-0.1, -0.05) is 19.3 Å². The number of nitrogens with two attached hydrogens (primary N) is 1. The topological polar surface area (TPSA) is 125 Å². The molecule has 0 atom stereocenters. The Bertz CT molecular complexity index is 1130. The number of fused-ring (bicyclic) bond motifs is 1. The van der Waals surface area contributed by atoms with Gasteiger partial charge in [-0.25, -0.2) is 19.3 Å². The first-order valence-electron chi connectivity index (χ1n) is 9.58. The second kappa shape index (κ2) is 7.57. The van der Waals surface area contributed by atoms with Crippen molar-refractivity contribution < 1.29 is 14.3 Å². The number of nitrogens with one attached hydrogen (secondary N) is 1. The number of hydrogen-bond acceptors (Lipinski definition) is 6. The molecule has 0 spiro atoms. The van der Waals surface area contributed by atoms with Crippen LogP contribution in [-0.4, -0.2) is 39.6 Å². The van der Waals surface area contributed by atoms with Gasteiger partial charge < -0.3 is 20.2 Å². The van der Waals surface area contributed by atoms with Crippen LogP contribution in [0.3, 0.4) is 0 Å². The van der Waals surface area contributed by atoms with Gasteiger partial charge in [-0.3, -0.25) is 4.79 Å². The standard InChI is InChI=1S/C20H23N5O4/c1-28-13-9-8-12(10-14(13)29-2)25-19-16(23-20(25)27)15(17(21)26)22-18(24-19)11-6-4-3-5-7-11/h8-11H,3-7H2,1-2H3,(H2,21,26)(H,23,27). The number of ether oxygens (including phenoxy) is 2. The third kappa shape index (κ3) is 3.32. The number of benzene rings is 1. The van der Waals surface area contributed by atoms with E-state index in [4.69, 9.17) is 15.2 Å². The number of hydrogen-bond donors (Lipinski definition) is 2. The fourth-order valence-electron chi connectivity index (χ4n) is 3.93. The van der Waals surface area contributed by atoms with Crippen molar-refractivity contribution in [3.63, 3.8) is 0 Å². The first kappa shape index (κ1) is 19.0. The van der Waals surface area contributed by atoms with Crippen LogP contribution in [0.5, 0.6) is 11.5 Å². The highest BCUT2D eigenvalue weighted by molar-refractivity contribution is 6.01. The van der Waals surface area contributed by atoms with Crippen molar-refractivity contribution in [3.8, 4) is 17.2 Å². The van der Waals surface area contributed by atoms with E-state index >= 15 is 0 Å². The Hall–Kier alpha value is -3.36. The second-order valence-electron chi connectivity index (χ2n) is 7.13. The van der Waals surface area contributed by atoms with Crippen molar-refractivity contribution in [1.82, 2.24) is 19.5 Å². The van der Waals surface area contributed by atoms with Crippen molar-refractivity contribution in [2.75, 3.05) is 14.2 Å². The van der Waals surface area contributed by atoms with Crippen molar-refractivity contribution >= 4 is 17.1 Å². The summed E-state index contributed by atoms with van der Waals surface area (Å²) in [6, 6.07) is 5.11. The van der Waals surface area contributed by atoms with Crippen LogP contribution >= 0.6 is 0 Å². The Kier molecular flexibility index (Phi) is 4.96. The van der Waals surface area contributed by atoms with E-state index < -0.39 is 11.6 Å². The van der Waals surface area contributed by atoms with Gasteiger partial charge in [0.05, 0.1) is 19.9 Å². The van der Waals surface area contributed by atoms with Gasteiger partial charge in [0.2, 0.25) is 0 Å². The smallest absolute Gasteiger partial charge is 0.332 e. The molecule has 0 radical (unpaired) electrons. The molecule has 0 unspecified atom stereocenters. The summed E-state index contributed by atoms with van der Waals surface area (Å²) in [6.07, 6.45) is 5.27. The van der Waals surface area contributed by atoms with Crippen LogP contribution in [0, 0.1) is 0 Å². The van der Waals surface area contributed by atoms with Gasteiger partial charge in [0, 0.05) is 12.0 Å². The molecule has 1 amide bonds. The summed E-state index contributed by atoms with van der Waals surface area (Å²) >= 11 is 0. The van der Waals surface area contributed by atoms with Gasteiger partial charge in [0.15, 0.2) is 22.8 Å². The molecule has 1 aromatic carbocycles. The van der Waals surface area contributed by atoms with E-state index in [0.29, 0.717) is 28.7 Å². The van der Waals surface area contributed by atoms with Crippen molar-refractivity contribution in [2.45, 2.75) is 38.0 Å². The molecule has 29 heavy (non-hydrogen) atoms. The lowest BCUT2D eigenvalue weighted by Crippen LogP contribution is -2.18. The predicted molar refractivity (Wildman–Crippen MR) is 107 cm³/mol. The lowest BCUT2D eigenvalue weighted by Gasteiger charge is -2.20. The molecule has 0 saturated heterocycles. The number of amides is 1. The Morgan fingerprint density at radius 1 is 1.14 bits per heavy atom. The number of primary amides is 1. The molecule has 9 nitrogen and oxygen atoms in total. The van der Waals surface area contributed by atoms with Crippen LogP contribution in [0.1, 0.15) is 54.3 Å². The summed E-state index contributed by atoms with van der Waals surface area (Å²) in [7, 11) is 3.06. The van der Waals surface area contributed by atoms with Gasteiger partial charge >= 0.3 is 5.69 Å². The zero-order chi connectivity index (χ0) is 20.5. The lowest BCUT2D eigenvalue weighted by molar-refractivity contribution is 0.0996. The highest BCUT2D eigenvalue weighted by atomic mass is 16.5. The molecule has 152 valence electrons. The SMILES string of the molecule is COc1ccc(-n2c(=O)[nH]c3c(C(N)=O)nc(C4CCCCC4)nc32)cc1OC. The van der Waals surface area contributed by atoms with Crippen molar-refractivity contribution in [2.24, 2.45) is 5.73 Å². The zero-order valence-electron chi connectivity index (χ0n) is 16.4. The van der Waals surface area contributed by atoms with Crippen LogP contribution in [0.2, 0.25) is 0 Å². The van der Waals surface area contributed by atoms with Crippen molar-refractivity contribution in [3.05, 3.63) is 40.2 Å². The van der Waals surface area contributed by atoms with E-state index in [1.807, 2.05) is 0 Å². The largest absolute Gasteiger partial charge is 0.493 e. The minimum atomic E-state index is -0.699. The van der Waals surface area contributed by atoms with E-state index in [2.05, 4.69) is 15.0 Å². The molecule has 2 heterocycles. The number of carbonyl (C=O) groups is 1. The Labute approximate surface area is 166 Å². The minimum Gasteiger partial charge on any atom is -0.493 e. The minimum absolute atomic E-state index is 0.0342. The maximum atomic E-state index is 12.8. The highest BCUT2D eigenvalue weighted by Gasteiger charge is 2.24. The van der Waals surface area contributed by atoms with Gasteiger partial charge in [-0.2, -0.15) is 0 Å². The third-order valence-electron chi connectivity index (χ3n) is 5.38. The third-order valence-corrected chi connectivity index (χ3v) is 5.38. The second-order valence-corrected chi connectivity index (χ2v) is 7.13. The summed E-state index contributed by atoms with van der Waals surface area (Å²) in [5.41, 5.74) is 6.25. The molecule has 1 fully saturated rings. The van der Waals surface area contributed by atoms with Gasteiger partial charge in [-0.15, -0.1) is 0 Å². The summed E-state index contributed by atoms with van der Waals surface area (Å²) in [4.78, 5) is 36.6. The number of carbonyl (C=O) groups excluding carboxylic acids is 1. The van der Waals surface area contributed by atoms with Crippen LogP contribution in [0.25, 0.3) is 16.9 Å². The average molecular weight is 397 g/mol. The van der Waals surface area contributed by atoms with E-state index in [-0.39, 0.29) is 17.1 Å². The monoisotopic (exact) mass is 397 g/mol. The van der Waals surface area contributed by atoms with Gasteiger partial charge in [0.1, 0.15) is 11.3 Å². The highest BCUT2D eigenvalue weighted by Crippen LogP contribution is 2.33.